The second-order valence-electron chi connectivity index (χ2n) is 5.48. The van der Waals surface area contributed by atoms with E-state index in [0.29, 0.717) is 17.1 Å². The third-order valence-electron chi connectivity index (χ3n) is 3.65. The highest BCUT2D eigenvalue weighted by Gasteiger charge is 2.15. The number of fused-ring (bicyclic) bond motifs is 1. The lowest BCUT2D eigenvalue weighted by molar-refractivity contribution is -0.119. The van der Waals surface area contributed by atoms with Gasteiger partial charge in [0.25, 0.3) is 5.91 Å². The Morgan fingerprint density at radius 1 is 1.15 bits per heavy atom. The molecule has 27 heavy (non-hydrogen) atoms. The van der Waals surface area contributed by atoms with Crippen LogP contribution in [0.4, 0.5) is 5.69 Å². The van der Waals surface area contributed by atoms with Gasteiger partial charge in [-0.1, -0.05) is 40.0 Å². The van der Waals surface area contributed by atoms with Crippen LogP contribution >= 0.6 is 34.8 Å². The number of nitrogens with one attached hydrogen (secondary N) is 1. The van der Waals surface area contributed by atoms with Crippen molar-refractivity contribution in [3.8, 4) is 0 Å². The van der Waals surface area contributed by atoms with E-state index in [0.717, 1.165) is 5.52 Å². The number of benzene rings is 2. The van der Waals surface area contributed by atoms with E-state index >= 15 is 0 Å². The summed E-state index contributed by atoms with van der Waals surface area (Å²) in [5.74, 6) is -1.25. The summed E-state index contributed by atoms with van der Waals surface area (Å²) in [5.41, 5.74) is 1.83. The molecule has 0 unspecified atom stereocenters. The van der Waals surface area contributed by atoms with Crippen LogP contribution < -0.4 is 5.32 Å². The van der Waals surface area contributed by atoms with Crippen LogP contribution in [0.3, 0.4) is 0 Å². The van der Waals surface area contributed by atoms with Crippen molar-refractivity contribution in [1.82, 2.24) is 15.0 Å². The highest BCUT2D eigenvalue weighted by atomic mass is 35.5. The van der Waals surface area contributed by atoms with Crippen molar-refractivity contribution < 1.29 is 14.3 Å². The van der Waals surface area contributed by atoms with E-state index in [2.05, 4.69) is 15.6 Å². The Morgan fingerprint density at radius 3 is 2.52 bits per heavy atom. The average Bonchev–Trinajstić information content (AvgIpc) is 3.05. The van der Waals surface area contributed by atoms with Crippen LogP contribution in [0.15, 0.2) is 30.3 Å². The molecule has 1 amide bonds. The summed E-state index contributed by atoms with van der Waals surface area (Å²) in [5, 5.41) is 11.2. The molecule has 0 fully saturated rings. The van der Waals surface area contributed by atoms with E-state index in [9.17, 15) is 9.59 Å². The fourth-order valence-corrected chi connectivity index (χ4v) is 3.30. The molecule has 140 valence electrons. The Balaban J connectivity index is 1.64. The quantitative estimate of drug-likeness (QED) is 0.617. The number of aromatic nitrogens is 3. The summed E-state index contributed by atoms with van der Waals surface area (Å²) < 4.78 is 6.74. The lowest BCUT2D eigenvalue weighted by atomic mass is 10.2. The van der Waals surface area contributed by atoms with Crippen molar-refractivity contribution in [1.29, 1.82) is 0 Å². The molecule has 0 atom stereocenters. The molecular weight excluding hydrogens is 415 g/mol. The van der Waals surface area contributed by atoms with E-state index in [1.165, 1.54) is 12.1 Å². The first-order valence-electron chi connectivity index (χ1n) is 7.83. The zero-order valence-corrected chi connectivity index (χ0v) is 16.3. The first-order chi connectivity index (χ1) is 12.9. The van der Waals surface area contributed by atoms with Gasteiger partial charge in [0, 0.05) is 11.6 Å². The van der Waals surface area contributed by atoms with Gasteiger partial charge in [-0.05, 0) is 37.3 Å². The third kappa shape index (κ3) is 4.32. The van der Waals surface area contributed by atoms with Gasteiger partial charge in [-0.15, -0.1) is 5.10 Å². The smallest absolute Gasteiger partial charge is 0.338 e. The summed E-state index contributed by atoms with van der Waals surface area (Å²) in [6.45, 7) is 2.10. The molecule has 0 aliphatic carbocycles. The van der Waals surface area contributed by atoms with E-state index < -0.39 is 18.5 Å². The van der Waals surface area contributed by atoms with Gasteiger partial charge in [-0.2, -0.15) is 0 Å². The molecule has 1 heterocycles. The minimum atomic E-state index is -0.661. The minimum absolute atomic E-state index is 0.177. The molecule has 0 spiro atoms. The molecule has 0 radical (unpaired) electrons. The number of carbonyl (C=O) groups is 2. The lowest BCUT2D eigenvalue weighted by Crippen LogP contribution is -2.21. The van der Waals surface area contributed by atoms with Crippen molar-refractivity contribution >= 4 is 63.4 Å². The Labute approximate surface area is 169 Å². The number of ether oxygens (including phenoxy) is 1. The summed E-state index contributed by atoms with van der Waals surface area (Å²) >= 11 is 17.8. The number of aryl methyl sites for hydroxylation is 1. The van der Waals surface area contributed by atoms with E-state index in [-0.39, 0.29) is 21.3 Å². The van der Waals surface area contributed by atoms with Gasteiger partial charge in [-0.25, -0.2) is 9.48 Å². The number of esters is 1. The molecule has 1 N–H and O–H groups in total. The highest BCUT2D eigenvalue weighted by Crippen LogP contribution is 2.33. The maximum absolute atomic E-state index is 12.2. The molecule has 1 aromatic heterocycles. The van der Waals surface area contributed by atoms with Gasteiger partial charge in [0.1, 0.15) is 5.52 Å². The zero-order chi connectivity index (χ0) is 19.6. The lowest BCUT2D eigenvalue weighted by Gasteiger charge is -2.10. The largest absolute Gasteiger partial charge is 0.452 e. The number of anilines is 1. The Hall–Kier alpha value is -2.35. The third-order valence-corrected chi connectivity index (χ3v) is 4.47. The predicted molar refractivity (Wildman–Crippen MR) is 104 cm³/mol. The zero-order valence-electron chi connectivity index (χ0n) is 14.0. The SMILES string of the molecule is CCn1nnc2cc(C(=O)OCC(=O)Nc3c(Cl)cc(Cl)cc3Cl)ccc21. The minimum Gasteiger partial charge on any atom is -0.452 e. The van der Waals surface area contributed by atoms with Crippen molar-refractivity contribution in [2.24, 2.45) is 0 Å². The van der Waals surface area contributed by atoms with Crippen LogP contribution in [-0.4, -0.2) is 33.5 Å². The number of carbonyl (C=O) groups excluding carboxylic acids is 2. The molecule has 0 aliphatic heterocycles. The second-order valence-corrected chi connectivity index (χ2v) is 6.73. The van der Waals surface area contributed by atoms with Gasteiger partial charge in [0.05, 0.1) is 26.8 Å². The Bertz CT molecular complexity index is 1010. The van der Waals surface area contributed by atoms with Crippen molar-refractivity contribution in [3.63, 3.8) is 0 Å². The molecule has 7 nitrogen and oxygen atoms in total. The molecule has 0 saturated carbocycles. The molecule has 0 bridgehead atoms. The number of rotatable bonds is 5. The van der Waals surface area contributed by atoms with E-state index in [1.54, 1.807) is 22.9 Å². The predicted octanol–water partition coefficient (Wildman–Crippen LogP) is 4.21. The maximum atomic E-state index is 12.2. The average molecular weight is 428 g/mol. The van der Waals surface area contributed by atoms with Crippen molar-refractivity contribution in [3.05, 3.63) is 51.0 Å². The standard InChI is InChI=1S/C17H13Cl3N4O3/c1-2-24-14-4-3-9(5-13(14)22-23-24)17(26)27-8-15(25)21-16-11(19)6-10(18)7-12(16)20/h3-7H,2,8H2,1H3,(H,21,25). The van der Waals surface area contributed by atoms with Crippen LogP contribution in [0, 0.1) is 0 Å². The van der Waals surface area contributed by atoms with Crippen LogP contribution in [0.2, 0.25) is 15.1 Å². The second kappa shape index (κ2) is 8.12. The highest BCUT2D eigenvalue weighted by molar-refractivity contribution is 6.42. The number of amides is 1. The van der Waals surface area contributed by atoms with E-state index in [1.807, 2.05) is 6.92 Å². The number of hydrogen-bond acceptors (Lipinski definition) is 5. The van der Waals surface area contributed by atoms with Gasteiger partial charge >= 0.3 is 5.97 Å². The monoisotopic (exact) mass is 426 g/mol. The first kappa shape index (κ1) is 19.4. The number of hydrogen-bond donors (Lipinski definition) is 1. The van der Waals surface area contributed by atoms with Crippen LogP contribution in [0.1, 0.15) is 17.3 Å². The molecule has 0 aliphatic rings. The molecule has 2 aromatic carbocycles. The van der Waals surface area contributed by atoms with E-state index in [4.69, 9.17) is 39.5 Å². The maximum Gasteiger partial charge on any atom is 0.338 e. The van der Waals surface area contributed by atoms with Crippen LogP contribution in [0.5, 0.6) is 0 Å². The Morgan fingerprint density at radius 2 is 1.85 bits per heavy atom. The van der Waals surface area contributed by atoms with Crippen molar-refractivity contribution in [2.75, 3.05) is 11.9 Å². The normalized spacial score (nSPS) is 10.8. The van der Waals surface area contributed by atoms with Crippen LogP contribution in [-0.2, 0) is 16.1 Å². The van der Waals surface area contributed by atoms with Gasteiger partial charge in [0.2, 0.25) is 0 Å². The molecule has 10 heteroatoms. The fourth-order valence-electron chi connectivity index (χ4n) is 2.38. The van der Waals surface area contributed by atoms with Crippen molar-refractivity contribution in [2.45, 2.75) is 13.5 Å². The summed E-state index contributed by atoms with van der Waals surface area (Å²) in [6.07, 6.45) is 0. The summed E-state index contributed by atoms with van der Waals surface area (Å²) in [6, 6.07) is 7.75. The van der Waals surface area contributed by atoms with Gasteiger partial charge in [0.15, 0.2) is 6.61 Å². The molecular formula is C17H13Cl3N4O3. The van der Waals surface area contributed by atoms with Gasteiger partial charge < -0.3 is 10.1 Å². The first-order valence-corrected chi connectivity index (χ1v) is 8.97. The number of halogens is 3. The van der Waals surface area contributed by atoms with Gasteiger partial charge in [-0.3, -0.25) is 4.79 Å². The fraction of sp³-hybridized carbons (Fsp3) is 0.176. The number of nitrogens with zero attached hydrogens (tertiary/aromatic N) is 3. The topological polar surface area (TPSA) is 86.1 Å². The van der Waals surface area contributed by atoms with Crippen LogP contribution in [0.25, 0.3) is 11.0 Å². The Kier molecular flexibility index (Phi) is 5.84. The molecule has 0 saturated heterocycles. The molecule has 3 rings (SSSR count). The summed E-state index contributed by atoms with van der Waals surface area (Å²) in [4.78, 5) is 24.2. The summed E-state index contributed by atoms with van der Waals surface area (Å²) in [7, 11) is 0. The molecule has 3 aromatic rings.